The minimum atomic E-state index is -1.98. The van der Waals surface area contributed by atoms with E-state index in [-0.39, 0.29) is 5.82 Å². The van der Waals surface area contributed by atoms with Crippen molar-refractivity contribution in [2.24, 2.45) is 0 Å². The minimum Gasteiger partial charge on any atom is -0.302 e. The molecule has 1 N–H and O–H groups in total. The van der Waals surface area contributed by atoms with Gasteiger partial charge in [0.05, 0.1) is 0 Å². The Labute approximate surface area is 86.7 Å². The van der Waals surface area contributed by atoms with Gasteiger partial charge < -0.3 is 4.55 Å². The summed E-state index contributed by atoms with van der Waals surface area (Å²) >= 11 is -0.760. The summed E-state index contributed by atoms with van der Waals surface area (Å²) in [6, 6.07) is 4.36. The van der Waals surface area contributed by atoms with Crippen LogP contribution in [0.5, 0.6) is 0 Å². The minimum absolute atomic E-state index is 0.325. The first-order chi connectivity index (χ1) is 6.59. The van der Waals surface area contributed by atoms with Crippen molar-refractivity contribution >= 4 is 32.5 Å². The molecule has 0 amide bonds. The number of rotatable bonds is 1. The third-order valence-electron chi connectivity index (χ3n) is 2.01. The zero-order valence-electron chi connectivity index (χ0n) is 7.28. The highest BCUT2D eigenvalue weighted by Gasteiger charge is 2.12. The predicted molar refractivity (Wildman–Crippen MR) is 55.6 cm³/mol. The number of halogens is 1. The lowest BCUT2D eigenvalue weighted by atomic mass is 10.2. The first-order valence-electron chi connectivity index (χ1n) is 3.89. The zero-order valence-corrected chi connectivity index (χ0v) is 8.91. The summed E-state index contributed by atoms with van der Waals surface area (Å²) in [5, 5.41) is 0.715. The van der Waals surface area contributed by atoms with Gasteiger partial charge in [0.15, 0.2) is 11.1 Å². The maximum absolute atomic E-state index is 12.9. The van der Waals surface area contributed by atoms with Crippen LogP contribution >= 0.6 is 11.3 Å². The quantitative estimate of drug-likeness (QED) is 0.765. The van der Waals surface area contributed by atoms with Gasteiger partial charge in [0.2, 0.25) is 0 Å². The van der Waals surface area contributed by atoms with Gasteiger partial charge >= 0.3 is 0 Å². The molecule has 74 valence electrons. The van der Waals surface area contributed by atoms with E-state index in [0.29, 0.717) is 15.2 Å². The van der Waals surface area contributed by atoms with Crippen molar-refractivity contribution in [3.63, 3.8) is 0 Å². The molecule has 1 unspecified atom stereocenters. The van der Waals surface area contributed by atoms with Crippen molar-refractivity contribution in [3.05, 3.63) is 29.6 Å². The molecule has 2 nitrogen and oxygen atoms in total. The maximum atomic E-state index is 12.9. The third-order valence-corrected chi connectivity index (χ3v) is 4.38. The second-order valence-corrected chi connectivity index (χ2v) is 5.12. The first kappa shape index (κ1) is 9.76. The summed E-state index contributed by atoms with van der Waals surface area (Å²) in [5.74, 6) is -0.325. The monoisotopic (exact) mass is 230 g/mol. The molecule has 0 aliphatic heterocycles. The van der Waals surface area contributed by atoms with Crippen LogP contribution in [0.2, 0.25) is 0 Å². The maximum Gasteiger partial charge on any atom is 0.197 e. The molecular formula is C9H7FO2S2. The molecule has 1 atom stereocenters. The molecule has 1 aromatic heterocycles. The van der Waals surface area contributed by atoms with E-state index in [4.69, 9.17) is 4.55 Å². The molecule has 0 aliphatic rings. The molecular weight excluding hydrogens is 223 g/mol. The molecule has 0 spiro atoms. The lowest BCUT2D eigenvalue weighted by Gasteiger charge is -1.92. The van der Waals surface area contributed by atoms with Gasteiger partial charge in [-0.25, -0.2) is 8.60 Å². The summed E-state index contributed by atoms with van der Waals surface area (Å²) in [5.41, 5.74) is 0.685. The molecule has 2 rings (SSSR count). The van der Waals surface area contributed by atoms with E-state index < -0.39 is 11.1 Å². The van der Waals surface area contributed by atoms with Crippen LogP contribution in [0.3, 0.4) is 0 Å². The molecule has 0 bridgehead atoms. The fraction of sp³-hybridized carbons (Fsp3) is 0.111. The molecule has 1 heterocycles. The Morgan fingerprint density at radius 3 is 2.86 bits per heavy atom. The van der Waals surface area contributed by atoms with E-state index in [1.165, 1.54) is 23.5 Å². The van der Waals surface area contributed by atoms with Crippen LogP contribution in [0.15, 0.2) is 22.4 Å². The molecule has 0 saturated heterocycles. The number of fused-ring (bicyclic) bond motifs is 1. The standard InChI is InChI=1S/C9H7FO2S2/c1-5-7-4-6(10)2-3-8(7)13-9(5)14(11)12/h2-4H,1H3,(H,11,12). The molecule has 0 aliphatic carbocycles. The van der Waals surface area contributed by atoms with Crippen LogP contribution in [0.4, 0.5) is 4.39 Å². The van der Waals surface area contributed by atoms with Crippen LogP contribution in [0.1, 0.15) is 5.56 Å². The number of aryl methyl sites for hydroxylation is 1. The van der Waals surface area contributed by atoms with Crippen LogP contribution in [0, 0.1) is 12.7 Å². The molecule has 0 fully saturated rings. The number of benzene rings is 1. The van der Waals surface area contributed by atoms with Crippen LogP contribution in [0.25, 0.3) is 10.1 Å². The summed E-state index contributed by atoms with van der Waals surface area (Å²) < 4.78 is 34.0. The third kappa shape index (κ3) is 1.47. The van der Waals surface area contributed by atoms with Gasteiger partial charge in [0, 0.05) is 4.70 Å². The zero-order chi connectivity index (χ0) is 10.3. The number of hydrogen-bond donors (Lipinski definition) is 1. The number of thiophene rings is 1. The topological polar surface area (TPSA) is 37.3 Å². The van der Waals surface area contributed by atoms with Gasteiger partial charge in [0.1, 0.15) is 10.0 Å². The summed E-state index contributed by atoms with van der Waals surface area (Å²) in [7, 11) is 0. The summed E-state index contributed by atoms with van der Waals surface area (Å²) in [4.78, 5) is 0. The van der Waals surface area contributed by atoms with Crippen molar-refractivity contribution < 1.29 is 13.2 Å². The Morgan fingerprint density at radius 1 is 1.50 bits per heavy atom. The lowest BCUT2D eigenvalue weighted by Crippen LogP contribution is -1.85. The molecule has 0 saturated carbocycles. The van der Waals surface area contributed by atoms with E-state index >= 15 is 0 Å². The number of hydrogen-bond acceptors (Lipinski definition) is 2. The largest absolute Gasteiger partial charge is 0.302 e. The van der Waals surface area contributed by atoms with Crippen molar-refractivity contribution in [2.45, 2.75) is 11.1 Å². The Kier molecular flexibility index (Phi) is 2.38. The van der Waals surface area contributed by atoms with Crippen LogP contribution in [-0.2, 0) is 11.1 Å². The lowest BCUT2D eigenvalue weighted by molar-refractivity contribution is 0.566. The fourth-order valence-electron chi connectivity index (χ4n) is 1.34. The average molecular weight is 230 g/mol. The van der Waals surface area contributed by atoms with E-state index in [9.17, 15) is 8.60 Å². The molecule has 0 radical (unpaired) electrons. The molecule has 14 heavy (non-hydrogen) atoms. The average Bonchev–Trinajstić information content (AvgIpc) is 2.44. The van der Waals surface area contributed by atoms with Crippen molar-refractivity contribution in [1.29, 1.82) is 0 Å². The molecule has 2 aromatic rings. The van der Waals surface area contributed by atoms with Gasteiger partial charge in [0.25, 0.3) is 0 Å². The van der Waals surface area contributed by atoms with Crippen LogP contribution < -0.4 is 0 Å². The van der Waals surface area contributed by atoms with Crippen molar-refractivity contribution in [1.82, 2.24) is 0 Å². The van der Waals surface area contributed by atoms with Crippen molar-refractivity contribution in [2.75, 3.05) is 0 Å². The normalized spacial score (nSPS) is 13.4. The molecule has 5 heteroatoms. The fourth-order valence-corrected chi connectivity index (χ4v) is 3.18. The van der Waals surface area contributed by atoms with E-state index in [0.717, 1.165) is 4.70 Å². The van der Waals surface area contributed by atoms with E-state index in [2.05, 4.69) is 0 Å². The van der Waals surface area contributed by atoms with Gasteiger partial charge in [-0.15, -0.1) is 11.3 Å². The predicted octanol–water partition coefficient (Wildman–Crippen LogP) is 2.93. The second-order valence-electron chi connectivity index (χ2n) is 2.90. The highest BCUT2D eigenvalue weighted by molar-refractivity contribution is 7.82. The molecule has 1 aromatic carbocycles. The van der Waals surface area contributed by atoms with Gasteiger partial charge in [-0.05, 0) is 36.1 Å². The second kappa shape index (κ2) is 3.42. The Bertz CT molecular complexity index is 519. The Hall–Kier alpha value is -0.780. The Morgan fingerprint density at radius 2 is 2.21 bits per heavy atom. The van der Waals surface area contributed by atoms with Crippen molar-refractivity contribution in [3.8, 4) is 0 Å². The SMILES string of the molecule is Cc1c(S(=O)O)sc2ccc(F)cc12. The first-order valence-corrected chi connectivity index (χ1v) is 5.81. The smallest absolute Gasteiger partial charge is 0.197 e. The Balaban J connectivity index is 2.80. The summed E-state index contributed by atoms with van der Waals surface area (Å²) in [6.45, 7) is 1.72. The van der Waals surface area contributed by atoms with E-state index in [1.54, 1.807) is 13.0 Å². The highest BCUT2D eigenvalue weighted by Crippen LogP contribution is 2.32. The van der Waals surface area contributed by atoms with Crippen LogP contribution in [-0.4, -0.2) is 8.76 Å². The highest BCUT2D eigenvalue weighted by atomic mass is 32.2. The summed E-state index contributed by atoms with van der Waals surface area (Å²) in [6.07, 6.45) is 0. The van der Waals surface area contributed by atoms with Gasteiger partial charge in [-0.2, -0.15) is 0 Å². The van der Waals surface area contributed by atoms with E-state index in [1.807, 2.05) is 0 Å². The van der Waals surface area contributed by atoms with Gasteiger partial charge in [-0.3, -0.25) is 0 Å². The van der Waals surface area contributed by atoms with Gasteiger partial charge in [-0.1, -0.05) is 0 Å².